The van der Waals surface area contributed by atoms with Crippen molar-refractivity contribution in [2.24, 2.45) is 12.2 Å². The van der Waals surface area contributed by atoms with Crippen LogP contribution < -0.4 is 9.88 Å². The number of nitrogens with zero attached hydrogens (tertiary/aromatic N) is 2. The smallest absolute Gasteiger partial charge is 0.238 e. The average molecular weight is 267 g/mol. The Labute approximate surface area is 105 Å². The number of rotatable bonds is 4. The lowest BCUT2D eigenvalue weighted by molar-refractivity contribution is 0.291. The number of aryl methyl sites for hydroxylation is 1. The molecule has 6 nitrogen and oxygen atoms in total. The summed E-state index contributed by atoms with van der Waals surface area (Å²) in [6.07, 6.45) is 3.51. The van der Waals surface area contributed by atoms with Gasteiger partial charge in [-0.3, -0.25) is 0 Å². The summed E-state index contributed by atoms with van der Waals surface area (Å²) in [4.78, 5) is 4.17. The van der Waals surface area contributed by atoms with Gasteiger partial charge in [0, 0.05) is 19.4 Å². The number of benzene rings is 1. The monoisotopic (exact) mass is 267 g/mol. The first-order valence-electron chi connectivity index (χ1n) is 5.19. The van der Waals surface area contributed by atoms with Crippen molar-refractivity contribution >= 4 is 10.0 Å². The second kappa shape index (κ2) is 4.79. The van der Waals surface area contributed by atoms with Crippen LogP contribution in [0.4, 0.5) is 0 Å². The van der Waals surface area contributed by atoms with Gasteiger partial charge in [-0.1, -0.05) is 0 Å². The zero-order chi connectivity index (χ0) is 13.2. The van der Waals surface area contributed by atoms with E-state index in [4.69, 9.17) is 9.88 Å². The number of imidazole rings is 1. The summed E-state index contributed by atoms with van der Waals surface area (Å²) in [5.74, 6) is 1.34. The molecule has 0 saturated heterocycles. The first-order chi connectivity index (χ1) is 8.47. The van der Waals surface area contributed by atoms with E-state index in [1.807, 2.05) is 17.8 Å². The third-order valence-electron chi connectivity index (χ3n) is 2.44. The maximum absolute atomic E-state index is 11.1. The highest BCUT2D eigenvalue weighted by Gasteiger charge is 2.07. The molecule has 0 spiro atoms. The lowest BCUT2D eigenvalue weighted by Gasteiger charge is -2.06. The number of sulfonamides is 1. The van der Waals surface area contributed by atoms with Crippen molar-refractivity contribution in [1.82, 2.24) is 9.55 Å². The molecule has 0 saturated carbocycles. The molecule has 0 bridgehead atoms. The molecule has 1 heterocycles. The van der Waals surface area contributed by atoms with Crippen LogP contribution in [0.1, 0.15) is 5.82 Å². The Balaban J connectivity index is 2.05. The lowest BCUT2D eigenvalue weighted by Crippen LogP contribution is -2.11. The predicted molar refractivity (Wildman–Crippen MR) is 65.4 cm³/mol. The van der Waals surface area contributed by atoms with Crippen LogP contribution in [0.3, 0.4) is 0 Å². The molecule has 0 amide bonds. The Hall–Kier alpha value is -1.86. The minimum atomic E-state index is -3.66. The molecule has 0 atom stereocenters. The van der Waals surface area contributed by atoms with Crippen LogP contribution in [-0.4, -0.2) is 18.0 Å². The van der Waals surface area contributed by atoms with Gasteiger partial charge in [0.1, 0.15) is 18.2 Å². The summed E-state index contributed by atoms with van der Waals surface area (Å²) < 4.78 is 29.4. The van der Waals surface area contributed by atoms with Crippen LogP contribution in [-0.2, 0) is 23.7 Å². The maximum Gasteiger partial charge on any atom is 0.238 e. The summed E-state index contributed by atoms with van der Waals surface area (Å²) in [6, 6.07) is 5.93. The van der Waals surface area contributed by atoms with Gasteiger partial charge in [0.05, 0.1) is 4.90 Å². The van der Waals surface area contributed by atoms with Crippen LogP contribution in [0, 0.1) is 0 Å². The molecule has 2 aromatic rings. The summed E-state index contributed by atoms with van der Waals surface area (Å²) >= 11 is 0. The molecule has 18 heavy (non-hydrogen) atoms. The van der Waals surface area contributed by atoms with E-state index in [9.17, 15) is 8.42 Å². The van der Waals surface area contributed by atoms with Crippen molar-refractivity contribution in [3.63, 3.8) is 0 Å². The van der Waals surface area contributed by atoms with Crippen molar-refractivity contribution in [2.45, 2.75) is 11.5 Å². The topological polar surface area (TPSA) is 87.2 Å². The normalized spacial score (nSPS) is 11.4. The van der Waals surface area contributed by atoms with Gasteiger partial charge in [0.25, 0.3) is 0 Å². The molecule has 0 unspecified atom stereocenters. The van der Waals surface area contributed by atoms with Gasteiger partial charge >= 0.3 is 0 Å². The van der Waals surface area contributed by atoms with Gasteiger partial charge < -0.3 is 9.30 Å². The van der Waals surface area contributed by atoms with Crippen molar-refractivity contribution in [1.29, 1.82) is 0 Å². The highest BCUT2D eigenvalue weighted by atomic mass is 32.2. The molecule has 7 heteroatoms. The highest BCUT2D eigenvalue weighted by molar-refractivity contribution is 7.89. The van der Waals surface area contributed by atoms with Crippen LogP contribution in [0.15, 0.2) is 41.6 Å². The minimum absolute atomic E-state index is 0.0619. The summed E-state index contributed by atoms with van der Waals surface area (Å²) in [6.45, 7) is 0.318. The summed E-state index contributed by atoms with van der Waals surface area (Å²) in [5.41, 5.74) is 0. The molecule has 96 valence electrons. The SMILES string of the molecule is Cn1ccnc1COc1ccc(S(N)(=O)=O)cc1. The fraction of sp³-hybridized carbons (Fsp3) is 0.182. The minimum Gasteiger partial charge on any atom is -0.486 e. The molecular weight excluding hydrogens is 254 g/mol. The first kappa shape index (κ1) is 12.6. The number of hydrogen-bond donors (Lipinski definition) is 1. The van der Waals surface area contributed by atoms with E-state index in [0.717, 1.165) is 5.82 Å². The van der Waals surface area contributed by atoms with Crippen molar-refractivity contribution in [3.05, 3.63) is 42.5 Å². The van der Waals surface area contributed by atoms with Gasteiger partial charge in [-0.15, -0.1) is 0 Å². The van der Waals surface area contributed by atoms with Crippen LogP contribution in [0.2, 0.25) is 0 Å². The molecule has 0 fully saturated rings. The quantitative estimate of drug-likeness (QED) is 0.881. The van der Waals surface area contributed by atoms with Crippen molar-refractivity contribution in [2.75, 3.05) is 0 Å². The largest absolute Gasteiger partial charge is 0.486 e. The lowest BCUT2D eigenvalue weighted by atomic mass is 10.3. The standard InChI is InChI=1S/C11H13N3O3S/c1-14-7-6-13-11(14)8-17-9-2-4-10(5-3-9)18(12,15)16/h2-7H,8H2,1H3,(H2,12,15,16). The van der Waals surface area contributed by atoms with Crippen LogP contribution >= 0.6 is 0 Å². The van der Waals surface area contributed by atoms with E-state index in [1.54, 1.807) is 18.3 Å². The van der Waals surface area contributed by atoms with Gasteiger partial charge in [0.2, 0.25) is 10.0 Å². The van der Waals surface area contributed by atoms with Crippen molar-refractivity contribution < 1.29 is 13.2 Å². The molecule has 2 N–H and O–H groups in total. The third-order valence-corrected chi connectivity index (χ3v) is 3.37. The molecule has 0 aliphatic heterocycles. The van der Waals surface area contributed by atoms with E-state index < -0.39 is 10.0 Å². The zero-order valence-corrected chi connectivity index (χ0v) is 10.6. The average Bonchev–Trinajstić information content (AvgIpc) is 2.72. The second-order valence-corrected chi connectivity index (χ2v) is 5.32. The fourth-order valence-electron chi connectivity index (χ4n) is 1.41. The van der Waals surface area contributed by atoms with Gasteiger partial charge in [-0.25, -0.2) is 18.5 Å². The van der Waals surface area contributed by atoms with Crippen molar-refractivity contribution in [3.8, 4) is 5.75 Å². The molecule has 0 radical (unpaired) electrons. The number of ether oxygens (including phenoxy) is 1. The van der Waals surface area contributed by atoms with Crippen LogP contribution in [0.25, 0.3) is 0 Å². The Morgan fingerprint density at radius 2 is 2.00 bits per heavy atom. The van der Waals surface area contributed by atoms with Gasteiger partial charge in [-0.05, 0) is 24.3 Å². The number of primary sulfonamides is 1. The number of hydrogen-bond acceptors (Lipinski definition) is 4. The van der Waals surface area contributed by atoms with Crippen LogP contribution in [0.5, 0.6) is 5.75 Å². The fourth-order valence-corrected chi connectivity index (χ4v) is 1.92. The highest BCUT2D eigenvalue weighted by Crippen LogP contribution is 2.15. The third kappa shape index (κ3) is 2.88. The zero-order valence-electron chi connectivity index (χ0n) is 9.78. The summed E-state index contributed by atoms with van der Waals surface area (Å²) in [7, 11) is -1.79. The molecule has 1 aromatic heterocycles. The predicted octanol–water partition coefficient (Wildman–Crippen LogP) is 0.646. The number of nitrogens with two attached hydrogens (primary N) is 1. The molecule has 0 aliphatic carbocycles. The second-order valence-electron chi connectivity index (χ2n) is 3.76. The van der Waals surface area contributed by atoms with Gasteiger partial charge in [-0.2, -0.15) is 0 Å². The van der Waals surface area contributed by atoms with E-state index in [-0.39, 0.29) is 4.90 Å². The molecular formula is C11H13N3O3S. The Morgan fingerprint density at radius 3 is 2.50 bits per heavy atom. The molecule has 1 aromatic carbocycles. The molecule has 0 aliphatic rings. The maximum atomic E-state index is 11.1. The number of aromatic nitrogens is 2. The van der Waals surface area contributed by atoms with E-state index in [0.29, 0.717) is 12.4 Å². The Bertz CT molecular complexity index is 632. The molecule has 2 rings (SSSR count). The summed E-state index contributed by atoms with van der Waals surface area (Å²) in [5, 5.41) is 5.00. The van der Waals surface area contributed by atoms with E-state index in [2.05, 4.69) is 4.98 Å². The van der Waals surface area contributed by atoms with E-state index >= 15 is 0 Å². The first-order valence-corrected chi connectivity index (χ1v) is 6.73. The van der Waals surface area contributed by atoms with Gasteiger partial charge in [0.15, 0.2) is 0 Å². The Kier molecular flexibility index (Phi) is 3.35. The van der Waals surface area contributed by atoms with E-state index in [1.165, 1.54) is 12.1 Å². The Morgan fingerprint density at radius 1 is 1.33 bits per heavy atom.